The number of benzene rings is 2. The van der Waals surface area contributed by atoms with Gasteiger partial charge in [-0.2, -0.15) is 0 Å². The van der Waals surface area contributed by atoms with Crippen molar-refractivity contribution >= 4 is 21.7 Å². The molecule has 1 nitrogen and oxygen atoms in total. The maximum Gasteiger partial charge on any atom is 0.167 e. The van der Waals surface area contributed by atoms with E-state index < -0.39 is 0 Å². The Balaban J connectivity index is 2.28. The summed E-state index contributed by atoms with van der Waals surface area (Å²) in [5.74, 6) is -0.338. The van der Waals surface area contributed by atoms with Gasteiger partial charge in [0.1, 0.15) is 5.82 Å². The van der Waals surface area contributed by atoms with Gasteiger partial charge in [-0.15, -0.1) is 0 Å². The van der Waals surface area contributed by atoms with Crippen molar-refractivity contribution < 1.29 is 9.18 Å². The van der Waals surface area contributed by atoms with Crippen molar-refractivity contribution in [3.8, 4) is 0 Å². The lowest BCUT2D eigenvalue weighted by Crippen LogP contribution is -2.06. The fourth-order valence-corrected chi connectivity index (χ4v) is 2.48. The summed E-state index contributed by atoms with van der Waals surface area (Å²) >= 11 is 3.18. The van der Waals surface area contributed by atoms with Crippen LogP contribution in [-0.4, -0.2) is 5.78 Å². The SMILES string of the molecule is Cc1ccc(C(=O)Cc2cccc(F)c2Br)c(C)c1. The predicted octanol–water partition coefficient (Wildman–Crippen LogP) is 4.63. The molecular formula is C16H14BrFO. The lowest BCUT2D eigenvalue weighted by Gasteiger charge is -2.08. The minimum absolute atomic E-state index is 0.00352. The van der Waals surface area contributed by atoms with Gasteiger partial charge in [0.05, 0.1) is 4.47 Å². The Bertz CT molecular complexity index is 635. The van der Waals surface area contributed by atoms with E-state index in [9.17, 15) is 9.18 Å². The van der Waals surface area contributed by atoms with Crippen molar-refractivity contribution in [1.82, 2.24) is 0 Å². The van der Waals surface area contributed by atoms with E-state index in [0.717, 1.165) is 11.1 Å². The fraction of sp³-hybridized carbons (Fsp3) is 0.188. The second-order valence-electron chi connectivity index (χ2n) is 4.63. The van der Waals surface area contributed by atoms with Crippen LogP contribution in [0.5, 0.6) is 0 Å². The second-order valence-corrected chi connectivity index (χ2v) is 5.42. The van der Waals surface area contributed by atoms with E-state index in [-0.39, 0.29) is 18.0 Å². The van der Waals surface area contributed by atoms with Crippen molar-refractivity contribution in [3.63, 3.8) is 0 Å². The number of rotatable bonds is 3. The summed E-state index contributed by atoms with van der Waals surface area (Å²) in [5, 5.41) is 0. The number of carbonyl (C=O) groups excluding carboxylic acids is 1. The van der Waals surface area contributed by atoms with Gasteiger partial charge in [-0.3, -0.25) is 4.79 Å². The lowest BCUT2D eigenvalue weighted by atomic mass is 9.98. The van der Waals surface area contributed by atoms with Gasteiger partial charge in [0, 0.05) is 12.0 Å². The molecule has 98 valence electrons. The molecule has 19 heavy (non-hydrogen) atoms. The number of ketones is 1. The number of halogens is 2. The molecule has 0 radical (unpaired) electrons. The van der Waals surface area contributed by atoms with Crippen molar-refractivity contribution in [1.29, 1.82) is 0 Å². The van der Waals surface area contributed by atoms with Crippen LogP contribution in [0.2, 0.25) is 0 Å². The normalized spacial score (nSPS) is 10.5. The van der Waals surface area contributed by atoms with Crippen LogP contribution in [0.4, 0.5) is 4.39 Å². The topological polar surface area (TPSA) is 17.1 Å². The predicted molar refractivity (Wildman–Crippen MR) is 78.1 cm³/mol. The zero-order valence-corrected chi connectivity index (χ0v) is 12.4. The Morgan fingerprint density at radius 3 is 2.63 bits per heavy atom. The summed E-state index contributed by atoms with van der Waals surface area (Å²) in [7, 11) is 0. The molecule has 0 bridgehead atoms. The molecular weight excluding hydrogens is 307 g/mol. The highest BCUT2D eigenvalue weighted by molar-refractivity contribution is 9.10. The molecule has 0 saturated carbocycles. The van der Waals surface area contributed by atoms with Crippen molar-refractivity contribution in [2.45, 2.75) is 20.3 Å². The Morgan fingerprint density at radius 2 is 1.95 bits per heavy atom. The summed E-state index contributed by atoms with van der Waals surface area (Å²) in [6.07, 6.45) is 0.197. The monoisotopic (exact) mass is 320 g/mol. The molecule has 2 rings (SSSR count). The second kappa shape index (κ2) is 5.66. The van der Waals surface area contributed by atoms with Crippen LogP contribution in [-0.2, 0) is 6.42 Å². The van der Waals surface area contributed by atoms with Gasteiger partial charge in [-0.1, -0.05) is 35.9 Å². The van der Waals surface area contributed by atoms with E-state index in [1.807, 2.05) is 32.0 Å². The molecule has 2 aromatic carbocycles. The van der Waals surface area contributed by atoms with E-state index in [2.05, 4.69) is 15.9 Å². The van der Waals surface area contributed by atoms with Gasteiger partial charge in [0.15, 0.2) is 5.78 Å². The van der Waals surface area contributed by atoms with Gasteiger partial charge in [0.25, 0.3) is 0 Å². The van der Waals surface area contributed by atoms with Gasteiger partial charge in [-0.05, 0) is 47.0 Å². The largest absolute Gasteiger partial charge is 0.294 e. The Morgan fingerprint density at radius 1 is 1.21 bits per heavy atom. The first-order valence-electron chi connectivity index (χ1n) is 6.02. The average molecular weight is 321 g/mol. The first-order valence-corrected chi connectivity index (χ1v) is 6.81. The minimum Gasteiger partial charge on any atom is -0.294 e. The molecule has 0 atom stereocenters. The van der Waals surface area contributed by atoms with Gasteiger partial charge in [0.2, 0.25) is 0 Å². The number of carbonyl (C=O) groups is 1. The summed E-state index contributed by atoms with van der Waals surface area (Å²) in [5.41, 5.74) is 3.45. The van der Waals surface area contributed by atoms with E-state index >= 15 is 0 Å². The molecule has 0 amide bonds. The van der Waals surface area contributed by atoms with Gasteiger partial charge in [-0.25, -0.2) is 4.39 Å². The average Bonchev–Trinajstić information content (AvgIpc) is 2.34. The molecule has 3 heteroatoms. The van der Waals surface area contributed by atoms with E-state index in [1.54, 1.807) is 12.1 Å². The van der Waals surface area contributed by atoms with Crippen molar-refractivity contribution in [3.05, 3.63) is 68.9 Å². The smallest absolute Gasteiger partial charge is 0.167 e. The number of Topliss-reactive ketones (excluding diaryl/α,β-unsaturated/α-hetero) is 1. The van der Waals surface area contributed by atoms with Crippen LogP contribution in [0.3, 0.4) is 0 Å². The lowest BCUT2D eigenvalue weighted by molar-refractivity contribution is 0.0992. The van der Waals surface area contributed by atoms with Crippen LogP contribution in [0.15, 0.2) is 40.9 Å². The Labute approximate surface area is 120 Å². The van der Waals surface area contributed by atoms with Crippen molar-refractivity contribution in [2.75, 3.05) is 0 Å². The van der Waals surface area contributed by atoms with Crippen LogP contribution in [0.1, 0.15) is 27.0 Å². The summed E-state index contributed by atoms with van der Waals surface area (Å²) in [6, 6.07) is 10.5. The maximum atomic E-state index is 13.4. The molecule has 0 fully saturated rings. The highest BCUT2D eigenvalue weighted by Gasteiger charge is 2.13. The first kappa shape index (κ1) is 13.9. The summed E-state index contributed by atoms with van der Waals surface area (Å²) in [4.78, 5) is 12.3. The molecule has 0 saturated heterocycles. The highest BCUT2D eigenvalue weighted by atomic mass is 79.9. The zero-order chi connectivity index (χ0) is 14.0. The highest BCUT2D eigenvalue weighted by Crippen LogP contribution is 2.22. The molecule has 0 unspecified atom stereocenters. The quantitative estimate of drug-likeness (QED) is 0.753. The third kappa shape index (κ3) is 3.10. The third-order valence-corrected chi connectivity index (χ3v) is 3.95. The molecule has 0 aliphatic carbocycles. The van der Waals surface area contributed by atoms with Crippen LogP contribution >= 0.6 is 15.9 Å². The summed E-state index contributed by atoms with van der Waals surface area (Å²) in [6.45, 7) is 3.91. The Hall–Kier alpha value is -1.48. The fourth-order valence-electron chi connectivity index (χ4n) is 2.08. The van der Waals surface area contributed by atoms with E-state index in [1.165, 1.54) is 6.07 Å². The zero-order valence-electron chi connectivity index (χ0n) is 10.8. The van der Waals surface area contributed by atoms with Crippen molar-refractivity contribution in [2.24, 2.45) is 0 Å². The third-order valence-electron chi connectivity index (χ3n) is 3.06. The molecule has 0 spiro atoms. The van der Waals surface area contributed by atoms with Crippen LogP contribution < -0.4 is 0 Å². The number of hydrogen-bond donors (Lipinski definition) is 0. The number of aryl methyl sites for hydroxylation is 2. The van der Waals surface area contributed by atoms with E-state index in [0.29, 0.717) is 15.6 Å². The van der Waals surface area contributed by atoms with Crippen LogP contribution in [0.25, 0.3) is 0 Å². The standard InChI is InChI=1S/C16H14BrFO/c1-10-6-7-13(11(2)8-10)15(19)9-12-4-3-5-14(18)16(12)17/h3-8H,9H2,1-2H3. The molecule has 0 aromatic heterocycles. The number of hydrogen-bond acceptors (Lipinski definition) is 1. The maximum absolute atomic E-state index is 13.4. The van der Waals surface area contributed by atoms with E-state index in [4.69, 9.17) is 0 Å². The minimum atomic E-state index is -0.342. The molecule has 0 aliphatic rings. The molecule has 0 heterocycles. The molecule has 0 N–H and O–H groups in total. The molecule has 2 aromatic rings. The van der Waals surface area contributed by atoms with Crippen LogP contribution in [0, 0.1) is 19.7 Å². The first-order chi connectivity index (χ1) is 8.99. The van der Waals surface area contributed by atoms with Gasteiger partial charge >= 0.3 is 0 Å². The summed E-state index contributed by atoms with van der Waals surface area (Å²) < 4.78 is 13.8. The molecule has 0 aliphatic heterocycles. The van der Waals surface area contributed by atoms with Gasteiger partial charge < -0.3 is 0 Å². The Kier molecular flexibility index (Phi) is 4.15.